The van der Waals surface area contributed by atoms with Crippen molar-refractivity contribution >= 4 is 5.96 Å². The molecule has 7 nitrogen and oxygen atoms in total. The fourth-order valence-corrected chi connectivity index (χ4v) is 3.36. The smallest absolute Gasteiger partial charge is 0.194 e. The largest absolute Gasteiger partial charge is 0.381 e. The summed E-state index contributed by atoms with van der Waals surface area (Å²) in [6, 6.07) is 10.4. The Morgan fingerprint density at radius 2 is 2.17 bits per heavy atom. The van der Waals surface area contributed by atoms with Crippen LogP contribution in [0.2, 0.25) is 0 Å². The van der Waals surface area contributed by atoms with Crippen LogP contribution in [0.1, 0.15) is 30.6 Å². The lowest BCUT2D eigenvalue weighted by molar-refractivity contribution is -0.00805. The van der Waals surface area contributed by atoms with E-state index in [1.807, 2.05) is 30.2 Å². The highest BCUT2D eigenvalue weighted by Gasteiger charge is 2.25. The molecule has 1 unspecified atom stereocenters. The van der Waals surface area contributed by atoms with E-state index in [-0.39, 0.29) is 6.10 Å². The third kappa shape index (κ3) is 6.87. The van der Waals surface area contributed by atoms with Crippen molar-refractivity contribution in [1.82, 2.24) is 20.0 Å². The van der Waals surface area contributed by atoms with Gasteiger partial charge >= 0.3 is 0 Å². The Morgan fingerprint density at radius 1 is 1.31 bits per heavy atom. The first-order valence-corrected chi connectivity index (χ1v) is 10.5. The van der Waals surface area contributed by atoms with Gasteiger partial charge in [-0.05, 0) is 25.3 Å². The number of aryl methyl sites for hydroxylation is 1. The lowest BCUT2D eigenvalue weighted by Crippen LogP contribution is -2.48. The van der Waals surface area contributed by atoms with Crippen LogP contribution in [0, 0.1) is 0 Å². The molecule has 1 aliphatic rings. The van der Waals surface area contributed by atoms with Gasteiger partial charge in [-0.3, -0.25) is 9.67 Å². The summed E-state index contributed by atoms with van der Waals surface area (Å²) in [6.07, 6.45) is 5.80. The average Bonchev–Trinajstić information content (AvgIpc) is 3.19. The van der Waals surface area contributed by atoms with Gasteiger partial charge < -0.3 is 19.7 Å². The number of hydrogen-bond donors (Lipinski definition) is 1. The summed E-state index contributed by atoms with van der Waals surface area (Å²) in [6.45, 7) is 7.50. The van der Waals surface area contributed by atoms with Gasteiger partial charge in [0.2, 0.25) is 0 Å². The van der Waals surface area contributed by atoms with Crippen LogP contribution < -0.4 is 5.32 Å². The zero-order valence-electron chi connectivity index (χ0n) is 17.6. The molecule has 1 atom stereocenters. The van der Waals surface area contributed by atoms with Crippen LogP contribution in [0.4, 0.5) is 0 Å². The van der Waals surface area contributed by atoms with Crippen molar-refractivity contribution in [2.75, 3.05) is 46.0 Å². The van der Waals surface area contributed by atoms with E-state index < -0.39 is 0 Å². The number of rotatable bonds is 9. The molecule has 0 radical (unpaired) electrons. The van der Waals surface area contributed by atoms with Gasteiger partial charge in [-0.15, -0.1) is 0 Å². The summed E-state index contributed by atoms with van der Waals surface area (Å²) in [5.74, 6) is 0.953. The molecule has 0 spiro atoms. The molecule has 158 valence electrons. The minimum Gasteiger partial charge on any atom is -0.381 e. The molecular formula is C22H33N5O2. The number of hydrogen-bond acceptors (Lipinski definition) is 4. The van der Waals surface area contributed by atoms with Crippen LogP contribution in [-0.4, -0.2) is 66.6 Å². The first kappa shape index (κ1) is 21.3. The first-order chi connectivity index (χ1) is 14.3. The molecule has 2 heterocycles. The molecule has 7 heteroatoms. The van der Waals surface area contributed by atoms with Gasteiger partial charge in [0.05, 0.1) is 26.0 Å². The maximum absolute atomic E-state index is 5.94. The molecule has 29 heavy (non-hydrogen) atoms. The molecule has 1 aromatic heterocycles. The third-order valence-electron chi connectivity index (χ3n) is 4.88. The van der Waals surface area contributed by atoms with Crippen LogP contribution in [0.15, 0.2) is 47.7 Å². The van der Waals surface area contributed by atoms with Crippen LogP contribution in [0.3, 0.4) is 0 Å². The second-order valence-electron chi connectivity index (χ2n) is 7.19. The quantitative estimate of drug-likeness (QED) is 0.399. The Bertz CT molecular complexity index is 747. The van der Waals surface area contributed by atoms with Gasteiger partial charge in [0, 0.05) is 45.0 Å². The summed E-state index contributed by atoms with van der Waals surface area (Å²) >= 11 is 0. The van der Waals surface area contributed by atoms with Gasteiger partial charge in [0.15, 0.2) is 5.96 Å². The van der Waals surface area contributed by atoms with E-state index in [4.69, 9.17) is 14.5 Å². The van der Waals surface area contributed by atoms with Crippen molar-refractivity contribution in [2.45, 2.75) is 25.9 Å². The van der Waals surface area contributed by atoms with E-state index >= 15 is 0 Å². The minimum absolute atomic E-state index is 0.0302. The molecule has 1 aromatic carbocycles. The molecule has 1 N–H and O–H groups in total. The first-order valence-electron chi connectivity index (χ1n) is 10.5. The summed E-state index contributed by atoms with van der Waals surface area (Å²) in [7, 11) is 1.93. The van der Waals surface area contributed by atoms with Gasteiger partial charge in [-0.25, -0.2) is 0 Å². The molecule has 0 saturated carbocycles. The molecule has 3 rings (SSSR count). The van der Waals surface area contributed by atoms with Crippen molar-refractivity contribution in [3.05, 3.63) is 53.9 Å². The summed E-state index contributed by atoms with van der Waals surface area (Å²) in [5.41, 5.74) is 2.43. The second kappa shape index (κ2) is 11.6. The van der Waals surface area contributed by atoms with Crippen LogP contribution >= 0.6 is 0 Å². The summed E-state index contributed by atoms with van der Waals surface area (Å²) in [5, 5.41) is 7.67. The average molecular weight is 400 g/mol. The Kier molecular flexibility index (Phi) is 8.52. The molecule has 2 aromatic rings. The van der Waals surface area contributed by atoms with Crippen molar-refractivity contribution in [1.29, 1.82) is 0 Å². The molecule has 1 aliphatic heterocycles. The zero-order chi connectivity index (χ0) is 20.3. The van der Waals surface area contributed by atoms with E-state index in [1.165, 1.54) is 5.56 Å². The van der Waals surface area contributed by atoms with E-state index in [1.54, 1.807) is 0 Å². The number of guanidine groups is 1. The summed E-state index contributed by atoms with van der Waals surface area (Å²) < 4.78 is 13.5. The van der Waals surface area contributed by atoms with Crippen LogP contribution in [-0.2, 0) is 22.9 Å². The second-order valence-corrected chi connectivity index (χ2v) is 7.19. The van der Waals surface area contributed by atoms with Crippen LogP contribution in [0.5, 0.6) is 0 Å². The van der Waals surface area contributed by atoms with Gasteiger partial charge in [-0.1, -0.05) is 30.3 Å². The fraction of sp³-hybridized carbons (Fsp3) is 0.545. The highest BCUT2D eigenvalue weighted by molar-refractivity contribution is 5.80. The highest BCUT2D eigenvalue weighted by atomic mass is 16.5. The topological polar surface area (TPSA) is 63.9 Å². The molecule has 0 aliphatic carbocycles. The van der Waals surface area contributed by atoms with Gasteiger partial charge in [0.25, 0.3) is 0 Å². The lowest BCUT2D eigenvalue weighted by atomic mass is 10.1. The van der Waals surface area contributed by atoms with E-state index in [2.05, 4.69) is 46.5 Å². The SMILES string of the molecule is CCNC(=NCCCOCCc1ccccc1)N1CCOC(c2cnn(C)c2)C1. The predicted molar refractivity (Wildman–Crippen MR) is 115 cm³/mol. The maximum Gasteiger partial charge on any atom is 0.194 e. The Hall–Kier alpha value is -2.38. The number of benzene rings is 1. The standard InChI is InChI=1S/C22H33N5O2/c1-3-23-22(24-11-7-13-28-14-10-19-8-5-4-6-9-19)27-12-15-29-21(18-27)20-16-25-26(2)17-20/h4-6,8-9,16-17,21H,3,7,10-15,18H2,1-2H3,(H,23,24). The number of nitrogens with one attached hydrogen (secondary N) is 1. The molecule has 0 amide bonds. The number of ether oxygens (including phenoxy) is 2. The lowest BCUT2D eigenvalue weighted by Gasteiger charge is -2.34. The van der Waals surface area contributed by atoms with E-state index in [0.29, 0.717) is 6.61 Å². The van der Waals surface area contributed by atoms with Crippen molar-refractivity contribution in [3.63, 3.8) is 0 Å². The van der Waals surface area contributed by atoms with E-state index in [0.717, 1.165) is 63.8 Å². The molecule has 1 saturated heterocycles. The number of morpholine rings is 1. The number of aliphatic imine (C=N–C) groups is 1. The van der Waals surface area contributed by atoms with Crippen LogP contribution in [0.25, 0.3) is 0 Å². The molecule has 1 fully saturated rings. The zero-order valence-corrected chi connectivity index (χ0v) is 17.6. The normalized spacial score (nSPS) is 17.5. The molecular weight excluding hydrogens is 366 g/mol. The van der Waals surface area contributed by atoms with Crippen molar-refractivity contribution < 1.29 is 9.47 Å². The molecule has 0 bridgehead atoms. The van der Waals surface area contributed by atoms with Gasteiger partial charge in [-0.2, -0.15) is 5.10 Å². The van der Waals surface area contributed by atoms with E-state index in [9.17, 15) is 0 Å². The fourth-order valence-electron chi connectivity index (χ4n) is 3.36. The minimum atomic E-state index is 0.0302. The third-order valence-corrected chi connectivity index (χ3v) is 4.88. The van der Waals surface area contributed by atoms with Crippen molar-refractivity contribution in [3.8, 4) is 0 Å². The number of aromatic nitrogens is 2. The Labute approximate surface area is 173 Å². The predicted octanol–water partition coefficient (Wildman–Crippen LogP) is 2.41. The van der Waals surface area contributed by atoms with Gasteiger partial charge in [0.1, 0.15) is 6.10 Å². The highest BCUT2D eigenvalue weighted by Crippen LogP contribution is 2.21. The maximum atomic E-state index is 5.94. The Balaban J connectivity index is 1.41. The van der Waals surface area contributed by atoms with Crippen molar-refractivity contribution in [2.24, 2.45) is 12.0 Å². The summed E-state index contributed by atoms with van der Waals surface area (Å²) in [4.78, 5) is 7.08. The Morgan fingerprint density at radius 3 is 2.93 bits per heavy atom. The monoisotopic (exact) mass is 399 g/mol. The number of nitrogens with zero attached hydrogens (tertiary/aromatic N) is 4.